The van der Waals surface area contributed by atoms with Crippen molar-refractivity contribution in [3.05, 3.63) is 69.9 Å². The Labute approximate surface area is 136 Å². The second-order valence-electron chi connectivity index (χ2n) is 4.80. The van der Waals surface area contributed by atoms with Gasteiger partial charge in [0.25, 0.3) is 0 Å². The van der Waals surface area contributed by atoms with Gasteiger partial charge in [0.15, 0.2) is 5.76 Å². The van der Waals surface area contributed by atoms with Crippen LogP contribution in [0.25, 0.3) is 11.0 Å². The lowest BCUT2D eigenvalue weighted by Crippen LogP contribution is -2.17. The maximum atomic E-state index is 12.2. The third-order valence-electron chi connectivity index (χ3n) is 3.30. The Balaban J connectivity index is 1.76. The first-order valence-electron chi connectivity index (χ1n) is 6.72. The topological polar surface area (TPSA) is 54.6 Å². The lowest BCUT2D eigenvalue weighted by molar-refractivity contribution is 0.0929. The van der Waals surface area contributed by atoms with E-state index in [0.29, 0.717) is 5.58 Å². The molecule has 3 rings (SSSR count). The van der Waals surface area contributed by atoms with Crippen molar-refractivity contribution in [3.8, 4) is 0 Å². The number of furan rings is 1. The summed E-state index contributed by atoms with van der Waals surface area (Å²) in [5.41, 5.74) is 4.89. The highest BCUT2D eigenvalue weighted by atomic mass is 79.9. The molecule has 1 aromatic heterocycles. The van der Waals surface area contributed by atoms with Crippen LogP contribution in [0.5, 0.6) is 0 Å². The van der Waals surface area contributed by atoms with E-state index in [4.69, 9.17) is 4.42 Å². The molecule has 0 aliphatic carbocycles. The highest BCUT2D eigenvalue weighted by molar-refractivity contribution is 9.10. The van der Waals surface area contributed by atoms with Crippen molar-refractivity contribution >= 4 is 39.0 Å². The summed E-state index contributed by atoms with van der Waals surface area (Å²) in [6.45, 7) is 1.86. The molecule has 0 bridgehead atoms. The molecule has 3 aromatic rings. The predicted octanol–water partition coefficient (Wildman–Crippen LogP) is 4.27. The van der Waals surface area contributed by atoms with Gasteiger partial charge in [-0.1, -0.05) is 46.3 Å². The molecule has 0 radical (unpaired) electrons. The van der Waals surface area contributed by atoms with Crippen LogP contribution in [0.4, 0.5) is 0 Å². The molecule has 4 nitrogen and oxygen atoms in total. The smallest absolute Gasteiger partial charge is 0.307 e. The third kappa shape index (κ3) is 2.94. The first-order chi connectivity index (χ1) is 10.6. The third-order valence-corrected chi connectivity index (χ3v) is 3.83. The van der Waals surface area contributed by atoms with Gasteiger partial charge in [0, 0.05) is 15.4 Å². The maximum Gasteiger partial charge on any atom is 0.307 e. The van der Waals surface area contributed by atoms with Gasteiger partial charge in [-0.3, -0.25) is 4.79 Å². The Hall–Kier alpha value is -2.40. The molecule has 0 atom stereocenters. The van der Waals surface area contributed by atoms with E-state index in [1.165, 1.54) is 0 Å². The monoisotopic (exact) mass is 356 g/mol. The normalized spacial score (nSPS) is 11.2. The number of amides is 1. The van der Waals surface area contributed by atoms with Crippen molar-refractivity contribution in [2.24, 2.45) is 5.10 Å². The number of fused-ring (bicyclic) bond motifs is 1. The SMILES string of the molecule is Cc1c(C(=O)N/N=C\c2ccc(Br)cc2)oc2ccccc12. The summed E-state index contributed by atoms with van der Waals surface area (Å²) < 4.78 is 6.58. The minimum atomic E-state index is -0.359. The number of para-hydroxylation sites is 1. The largest absolute Gasteiger partial charge is 0.451 e. The standard InChI is InChI=1S/C17H13BrN2O2/c1-11-14-4-2-3-5-15(14)22-16(11)17(21)20-19-10-12-6-8-13(18)9-7-12/h2-10H,1H3,(H,20,21)/b19-10-. The van der Waals surface area contributed by atoms with Gasteiger partial charge in [-0.15, -0.1) is 0 Å². The minimum absolute atomic E-state index is 0.286. The first kappa shape index (κ1) is 14.5. The quantitative estimate of drug-likeness (QED) is 0.562. The summed E-state index contributed by atoms with van der Waals surface area (Å²) in [7, 11) is 0. The summed E-state index contributed by atoms with van der Waals surface area (Å²) in [5, 5.41) is 4.89. The molecule has 0 aliphatic rings. The van der Waals surface area contributed by atoms with Crippen LogP contribution in [0, 0.1) is 6.92 Å². The number of nitrogens with zero attached hydrogens (tertiary/aromatic N) is 1. The van der Waals surface area contributed by atoms with Gasteiger partial charge in [-0.25, -0.2) is 5.43 Å². The van der Waals surface area contributed by atoms with Crippen LogP contribution in [-0.4, -0.2) is 12.1 Å². The fourth-order valence-corrected chi connectivity index (χ4v) is 2.42. The Kier molecular flexibility index (Phi) is 4.06. The van der Waals surface area contributed by atoms with Gasteiger partial charge in [-0.2, -0.15) is 5.10 Å². The zero-order chi connectivity index (χ0) is 15.5. The van der Waals surface area contributed by atoms with Crippen molar-refractivity contribution in [1.29, 1.82) is 0 Å². The van der Waals surface area contributed by atoms with E-state index in [2.05, 4.69) is 26.5 Å². The van der Waals surface area contributed by atoms with E-state index in [0.717, 1.165) is 21.0 Å². The van der Waals surface area contributed by atoms with Crippen molar-refractivity contribution < 1.29 is 9.21 Å². The fraction of sp³-hybridized carbons (Fsp3) is 0.0588. The number of hydrogen-bond donors (Lipinski definition) is 1. The van der Waals surface area contributed by atoms with E-state index < -0.39 is 0 Å². The number of aryl methyl sites for hydroxylation is 1. The molecule has 0 spiro atoms. The van der Waals surface area contributed by atoms with Gasteiger partial charge in [-0.05, 0) is 30.7 Å². The molecule has 110 valence electrons. The first-order valence-corrected chi connectivity index (χ1v) is 7.51. The second kappa shape index (κ2) is 6.15. The van der Waals surface area contributed by atoms with Crippen LogP contribution in [0.15, 0.2) is 62.5 Å². The molecule has 0 unspecified atom stereocenters. The van der Waals surface area contributed by atoms with Crippen molar-refractivity contribution in [2.75, 3.05) is 0 Å². The Morgan fingerprint density at radius 1 is 1.18 bits per heavy atom. The van der Waals surface area contributed by atoms with Crippen LogP contribution < -0.4 is 5.43 Å². The Morgan fingerprint density at radius 3 is 2.64 bits per heavy atom. The van der Waals surface area contributed by atoms with Crippen LogP contribution in [0.2, 0.25) is 0 Å². The highest BCUT2D eigenvalue weighted by Gasteiger charge is 2.16. The van der Waals surface area contributed by atoms with Gasteiger partial charge in [0.05, 0.1) is 6.21 Å². The molecule has 0 aliphatic heterocycles. The van der Waals surface area contributed by atoms with E-state index >= 15 is 0 Å². The van der Waals surface area contributed by atoms with E-state index in [1.54, 1.807) is 6.21 Å². The van der Waals surface area contributed by atoms with Crippen LogP contribution in [-0.2, 0) is 0 Å². The fourth-order valence-electron chi connectivity index (χ4n) is 2.16. The summed E-state index contributed by atoms with van der Waals surface area (Å²) in [4.78, 5) is 12.2. The summed E-state index contributed by atoms with van der Waals surface area (Å²) in [5.74, 6) is -0.0729. The second-order valence-corrected chi connectivity index (χ2v) is 5.72. The molecule has 1 N–H and O–H groups in total. The van der Waals surface area contributed by atoms with Crippen molar-refractivity contribution in [1.82, 2.24) is 5.43 Å². The molecule has 0 saturated carbocycles. The molecule has 22 heavy (non-hydrogen) atoms. The highest BCUT2D eigenvalue weighted by Crippen LogP contribution is 2.24. The zero-order valence-electron chi connectivity index (χ0n) is 11.8. The van der Waals surface area contributed by atoms with Crippen molar-refractivity contribution in [2.45, 2.75) is 6.92 Å². The minimum Gasteiger partial charge on any atom is -0.451 e. The van der Waals surface area contributed by atoms with Crippen LogP contribution in [0.1, 0.15) is 21.7 Å². The summed E-state index contributed by atoms with van der Waals surface area (Å²) in [6, 6.07) is 15.2. The maximum absolute atomic E-state index is 12.2. The molecule has 1 amide bonds. The Morgan fingerprint density at radius 2 is 1.91 bits per heavy atom. The predicted molar refractivity (Wildman–Crippen MR) is 90.2 cm³/mol. The average Bonchev–Trinajstić information content (AvgIpc) is 2.87. The van der Waals surface area contributed by atoms with E-state index in [9.17, 15) is 4.79 Å². The molecule has 1 heterocycles. The number of hydrazone groups is 1. The van der Waals surface area contributed by atoms with E-state index in [1.807, 2.05) is 55.5 Å². The number of nitrogens with one attached hydrogen (secondary N) is 1. The van der Waals surface area contributed by atoms with E-state index in [-0.39, 0.29) is 11.7 Å². The van der Waals surface area contributed by atoms with Crippen LogP contribution in [0.3, 0.4) is 0 Å². The Bertz CT molecular complexity index is 851. The average molecular weight is 357 g/mol. The number of rotatable bonds is 3. The van der Waals surface area contributed by atoms with Gasteiger partial charge >= 0.3 is 5.91 Å². The van der Waals surface area contributed by atoms with Crippen molar-refractivity contribution in [3.63, 3.8) is 0 Å². The molecule has 5 heteroatoms. The summed E-state index contributed by atoms with van der Waals surface area (Å²) >= 11 is 3.37. The number of hydrogen-bond acceptors (Lipinski definition) is 3. The lowest BCUT2D eigenvalue weighted by atomic mass is 10.1. The van der Waals surface area contributed by atoms with Gasteiger partial charge < -0.3 is 4.42 Å². The van der Waals surface area contributed by atoms with Crippen LogP contribution >= 0.6 is 15.9 Å². The number of carbonyl (C=O) groups is 1. The number of halogens is 1. The number of carbonyl (C=O) groups excluding carboxylic acids is 1. The molecule has 0 fully saturated rings. The van der Waals surface area contributed by atoms with Gasteiger partial charge in [0.1, 0.15) is 5.58 Å². The molecular weight excluding hydrogens is 344 g/mol. The zero-order valence-corrected chi connectivity index (χ0v) is 13.4. The number of benzene rings is 2. The summed E-state index contributed by atoms with van der Waals surface area (Å²) in [6.07, 6.45) is 1.59. The lowest BCUT2D eigenvalue weighted by Gasteiger charge is -1.97. The molecule has 2 aromatic carbocycles. The molecule has 0 saturated heterocycles. The molecular formula is C17H13BrN2O2. The van der Waals surface area contributed by atoms with Gasteiger partial charge in [0.2, 0.25) is 0 Å².